The van der Waals surface area contributed by atoms with Gasteiger partial charge < -0.3 is 5.32 Å². The maximum Gasteiger partial charge on any atom is 0.240 e. The van der Waals surface area contributed by atoms with Crippen molar-refractivity contribution in [2.45, 2.75) is 6.92 Å². The van der Waals surface area contributed by atoms with Gasteiger partial charge in [0.2, 0.25) is 5.91 Å². The van der Waals surface area contributed by atoms with Gasteiger partial charge in [0.25, 0.3) is 0 Å². The summed E-state index contributed by atoms with van der Waals surface area (Å²) in [5, 5.41) is 2.42. The van der Waals surface area contributed by atoms with Crippen LogP contribution in [-0.4, -0.2) is 30.8 Å². The van der Waals surface area contributed by atoms with Crippen LogP contribution >= 0.6 is 0 Å². The number of pyridine rings is 1. The molecule has 1 N–H and O–H groups in total. The predicted molar refractivity (Wildman–Crippen MR) is 66.5 cm³/mol. The second kappa shape index (κ2) is 5.58. The van der Waals surface area contributed by atoms with Gasteiger partial charge >= 0.3 is 0 Å². The molecule has 1 amide bonds. The molecule has 0 fully saturated rings. The Morgan fingerprint density at radius 2 is 2.24 bits per heavy atom. The summed E-state index contributed by atoms with van der Waals surface area (Å²) in [4.78, 5) is 15.4. The summed E-state index contributed by atoms with van der Waals surface area (Å²) in [6.07, 6.45) is 2.85. The van der Waals surface area contributed by atoms with Crippen molar-refractivity contribution >= 4 is 21.6 Å². The molecule has 0 bridgehead atoms. The van der Waals surface area contributed by atoms with E-state index >= 15 is 0 Å². The third kappa shape index (κ3) is 4.78. The van der Waals surface area contributed by atoms with E-state index in [0.29, 0.717) is 5.82 Å². The van der Waals surface area contributed by atoms with E-state index < -0.39 is 21.5 Å². The SMILES string of the molecule is C=CCS(=O)(=O)CC(=O)Nc1ccc(C)cn1. The summed E-state index contributed by atoms with van der Waals surface area (Å²) >= 11 is 0. The highest BCUT2D eigenvalue weighted by molar-refractivity contribution is 7.92. The first kappa shape index (κ1) is 13.4. The van der Waals surface area contributed by atoms with Crippen LogP contribution in [0.4, 0.5) is 5.82 Å². The van der Waals surface area contributed by atoms with Gasteiger partial charge in [-0.2, -0.15) is 0 Å². The molecular weight excluding hydrogens is 240 g/mol. The van der Waals surface area contributed by atoms with E-state index in [0.717, 1.165) is 5.56 Å². The number of amides is 1. The largest absolute Gasteiger partial charge is 0.310 e. The van der Waals surface area contributed by atoms with Crippen LogP contribution < -0.4 is 5.32 Å². The Kier molecular flexibility index (Phi) is 4.39. The topological polar surface area (TPSA) is 76.1 Å². The van der Waals surface area contributed by atoms with Crippen LogP contribution in [0.25, 0.3) is 0 Å². The Bertz CT molecular complexity index is 506. The molecule has 0 aliphatic heterocycles. The fourth-order valence-electron chi connectivity index (χ4n) is 1.16. The van der Waals surface area contributed by atoms with Gasteiger partial charge in [-0.05, 0) is 18.6 Å². The smallest absolute Gasteiger partial charge is 0.240 e. The van der Waals surface area contributed by atoms with Crippen LogP contribution in [0.5, 0.6) is 0 Å². The highest BCUT2D eigenvalue weighted by atomic mass is 32.2. The Balaban J connectivity index is 2.61. The second-order valence-corrected chi connectivity index (χ2v) is 5.72. The second-order valence-electron chi connectivity index (χ2n) is 3.61. The number of aromatic nitrogens is 1. The molecule has 0 saturated heterocycles. The van der Waals surface area contributed by atoms with Crippen molar-refractivity contribution in [1.82, 2.24) is 4.98 Å². The summed E-state index contributed by atoms with van der Waals surface area (Å²) in [5.41, 5.74) is 0.960. The van der Waals surface area contributed by atoms with Crippen molar-refractivity contribution in [2.24, 2.45) is 0 Å². The van der Waals surface area contributed by atoms with E-state index in [9.17, 15) is 13.2 Å². The first-order chi connectivity index (χ1) is 7.93. The van der Waals surface area contributed by atoms with E-state index in [2.05, 4.69) is 16.9 Å². The van der Waals surface area contributed by atoms with Crippen molar-refractivity contribution < 1.29 is 13.2 Å². The summed E-state index contributed by atoms with van der Waals surface area (Å²) in [6.45, 7) is 5.19. The zero-order valence-corrected chi connectivity index (χ0v) is 10.3. The molecule has 1 aromatic rings. The number of nitrogens with zero attached hydrogens (tertiary/aromatic N) is 1. The Labute approximate surface area is 100 Å². The third-order valence-corrected chi connectivity index (χ3v) is 3.35. The molecule has 17 heavy (non-hydrogen) atoms. The molecule has 0 spiro atoms. The van der Waals surface area contributed by atoms with Crippen LogP contribution in [0.1, 0.15) is 5.56 Å². The molecule has 1 heterocycles. The van der Waals surface area contributed by atoms with Gasteiger partial charge in [0.1, 0.15) is 11.6 Å². The van der Waals surface area contributed by atoms with Crippen LogP contribution in [0, 0.1) is 6.92 Å². The Morgan fingerprint density at radius 3 is 2.76 bits per heavy atom. The molecule has 6 heteroatoms. The number of rotatable bonds is 5. The molecule has 0 radical (unpaired) electrons. The van der Waals surface area contributed by atoms with Crippen LogP contribution in [-0.2, 0) is 14.6 Å². The van der Waals surface area contributed by atoms with Crippen molar-refractivity contribution in [2.75, 3.05) is 16.8 Å². The monoisotopic (exact) mass is 254 g/mol. The molecule has 0 aliphatic carbocycles. The normalized spacial score (nSPS) is 10.9. The van der Waals surface area contributed by atoms with Gasteiger partial charge in [0.05, 0.1) is 5.75 Å². The minimum Gasteiger partial charge on any atom is -0.310 e. The van der Waals surface area contributed by atoms with E-state index in [4.69, 9.17) is 0 Å². The van der Waals surface area contributed by atoms with Gasteiger partial charge in [-0.1, -0.05) is 12.1 Å². The number of carbonyl (C=O) groups is 1. The average molecular weight is 254 g/mol. The Hall–Kier alpha value is -1.69. The lowest BCUT2D eigenvalue weighted by Gasteiger charge is -2.04. The molecule has 0 saturated carbocycles. The van der Waals surface area contributed by atoms with E-state index in [1.165, 1.54) is 6.08 Å². The van der Waals surface area contributed by atoms with E-state index in [1.54, 1.807) is 18.3 Å². The average Bonchev–Trinajstić information content (AvgIpc) is 2.20. The molecule has 0 atom stereocenters. The number of sulfone groups is 1. The Morgan fingerprint density at radius 1 is 1.53 bits per heavy atom. The minimum atomic E-state index is -3.42. The summed E-state index contributed by atoms with van der Waals surface area (Å²) in [5.74, 6) is -1.02. The molecule has 1 aromatic heterocycles. The number of anilines is 1. The lowest BCUT2D eigenvalue weighted by Crippen LogP contribution is -2.24. The van der Waals surface area contributed by atoms with Gasteiger partial charge in [-0.3, -0.25) is 4.79 Å². The zero-order valence-electron chi connectivity index (χ0n) is 9.51. The number of hydrogen-bond donors (Lipinski definition) is 1. The van der Waals surface area contributed by atoms with Crippen molar-refractivity contribution in [3.63, 3.8) is 0 Å². The van der Waals surface area contributed by atoms with Gasteiger partial charge in [0, 0.05) is 6.20 Å². The first-order valence-electron chi connectivity index (χ1n) is 4.97. The highest BCUT2D eigenvalue weighted by Gasteiger charge is 2.15. The van der Waals surface area contributed by atoms with E-state index in [1.807, 2.05) is 6.92 Å². The molecule has 92 valence electrons. The van der Waals surface area contributed by atoms with Crippen LogP contribution in [0.15, 0.2) is 31.0 Å². The third-order valence-electron chi connectivity index (χ3n) is 1.90. The lowest BCUT2D eigenvalue weighted by atomic mass is 10.3. The molecule has 1 rings (SSSR count). The number of aryl methyl sites for hydroxylation is 1. The fourth-order valence-corrected chi connectivity index (χ4v) is 2.11. The maximum atomic E-state index is 11.4. The number of hydrogen-bond acceptors (Lipinski definition) is 4. The quantitative estimate of drug-likeness (QED) is 0.793. The molecule has 0 unspecified atom stereocenters. The molecule has 5 nitrogen and oxygen atoms in total. The van der Waals surface area contributed by atoms with Crippen molar-refractivity contribution in [1.29, 1.82) is 0 Å². The van der Waals surface area contributed by atoms with Gasteiger partial charge in [-0.25, -0.2) is 13.4 Å². The number of nitrogens with one attached hydrogen (secondary N) is 1. The highest BCUT2D eigenvalue weighted by Crippen LogP contribution is 2.04. The fraction of sp³-hybridized carbons (Fsp3) is 0.273. The predicted octanol–water partition coefficient (Wildman–Crippen LogP) is 0.929. The van der Waals surface area contributed by atoms with Crippen LogP contribution in [0.2, 0.25) is 0 Å². The molecule has 0 aromatic carbocycles. The first-order valence-corrected chi connectivity index (χ1v) is 6.79. The summed E-state index contributed by atoms with van der Waals surface area (Å²) < 4.78 is 22.7. The number of carbonyl (C=O) groups excluding carboxylic acids is 1. The lowest BCUT2D eigenvalue weighted by molar-refractivity contribution is -0.113. The standard InChI is InChI=1S/C11H14N2O3S/c1-3-6-17(15,16)8-11(14)13-10-5-4-9(2)7-12-10/h3-5,7H,1,6,8H2,2H3,(H,12,13,14). The molecule has 0 aliphatic rings. The zero-order chi connectivity index (χ0) is 12.9. The van der Waals surface area contributed by atoms with Crippen LogP contribution in [0.3, 0.4) is 0 Å². The van der Waals surface area contributed by atoms with Crippen molar-refractivity contribution in [3.05, 3.63) is 36.5 Å². The molecular formula is C11H14N2O3S. The maximum absolute atomic E-state index is 11.4. The summed E-state index contributed by atoms with van der Waals surface area (Å²) in [6, 6.07) is 3.40. The van der Waals surface area contributed by atoms with E-state index in [-0.39, 0.29) is 5.75 Å². The van der Waals surface area contributed by atoms with Gasteiger partial charge in [0.15, 0.2) is 9.84 Å². The van der Waals surface area contributed by atoms with Crippen molar-refractivity contribution in [3.8, 4) is 0 Å². The van der Waals surface area contributed by atoms with Gasteiger partial charge in [-0.15, -0.1) is 6.58 Å². The minimum absolute atomic E-state index is 0.207. The summed E-state index contributed by atoms with van der Waals surface area (Å²) in [7, 11) is -3.42.